The summed E-state index contributed by atoms with van der Waals surface area (Å²) in [5, 5.41) is 11.6. The van der Waals surface area contributed by atoms with E-state index in [2.05, 4.69) is 30.7 Å². The van der Waals surface area contributed by atoms with Crippen molar-refractivity contribution < 1.29 is 19.0 Å². The van der Waals surface area contributed by atoms with E-state index in [0.29, 0.717) is 29.7 Å². The number of benzene rings is 1. The molecule has 4 heterocycles. The normalized spacial score (nSPS) is 16.6. The fourth-order valence-electron chi connectivity index (χ4n) is 4.54. The Morgan fingerprint density at radius 1 is 1.10 bits per heavy atom. The summed E-state index contributed by atoms with van der Waals surface area (Å²) in [4.78, 5) is 28.6. The first kappa shape index (κ1) is 26.7. The monoisotopic (exact) mass is 544 g/mol. The van der Waals surface area contributed by atoms with Gasteiger partial charge in [0.2, 0.25) is 0 Å². The summed E-state index contributed by atoms with van der Waals surface area (Å²) in [6.45, 7) is 5.02. The van der Waals surface area contributed by atoms with E-state index in [1.54, 1.807) is 43.6 Å². The molecule has 2 atom stereocenters. The van der Waals surface area contributed by atoms with Crippen LogP contribution in [0.1, 0.15) is 30.4 Å². The summed E-state index contributed by atoms with van der Waals surface area (Å²) in [5.74, 6) is 1.60. The zero-order chi connectivity index (χ0) is 28.2. The summed E-state index contributed by atoms with van der Waals surface area (Å²) in [6.07, 6.45) is 6.93. The molecule has 0 saturated heterocycles. The Kier molecular flexibility index (Phi) is 7.67. The summed E-state index contributed by atoms with van der Waals surface area (Å²) in [7, 11) is 5.14. The SMILES string of the molecule is CCOc1cn([C@@H]2CN(C)C=N[C@H]2C)nc1C(=O)Nc1ccc(Nc2ccnc3cc(OC)c(OC)cc23)cn1. The van der Waals surface area contributed by atoms with Crippen LogP contribution >= 0.6 is 0 Å². The molecule has 3 aromatic heterocycles. The predicted octanol–water partition coefficient (Wildman–Crippen LogP) is 4.14. The molecular formula is C28H32N8O4. The van der Waals surface area contributed by atoms with Gasteiger partial charge in [-0.3, -0.25) is 19.5 Å². The number of methoxy groups -OCH3 is 2. The topological polar surface area (TPSA) is 128 Å². The Bertz CT molecular complexity index is 1540. The molecule has 0 saturated carbocycles. The fraction of sp³-hybridized carbons (Fsp3) is 0.321. The highest BCUT2D eigenvalue weighted by atomic mass is 16.5. The van der Waals surface area contributed by atoms with Gasteiger partial charge in [0, 0.05) is 36.9 Å². The van der Waals surface area contributed by atoms with E-state index in [1.807, 2.05) is 56.4 Å². The molecule has 1 aliphatic rings. The van der Waals surface area contributed by atoms with Gasteiger partial charge in [-0.2, -0.15) is 5.10 Å². The van der Waals surface area contributed by atoms with Crippen LogP contribution < -0.4 is 24.8 Å². The molecule has 40 heavy (non-hydrogen) atoms. The van der Waals surface area contributed by atoms with Crippen molar-refractivity contribution in [3.05, 3.63) is 54.6 Å². The number of fused-ring (bicyclic) bond motifs is 1. The van der Waals surface area contributed by atoms with Crippen LogP contribution in [0.15, 0.2) is 53.9 Å². The quantitative estimate of drug-likeness (QED) is 0.319. The molecular weight excluding hydrogens is 512 g/mol. The maximum Gasteiger partial charge on any atom is 0.281 e. The first-order valence-corrected chi connectivity index (χ1v) is 12.9. The van der Waals surface area contributed by atoms with Crippen molar-refractivity contribution in [2.45, 2.75) is 25.9 Å². The number of carbonyl (C=O) groups is 1. The number of nitrogens with one attached hydrogen (secondary N) is 2. The Labute approximate surface area is 232 Å². The molecule has 0 spiro atoms. The van der Waals surface area contributed by atoms with E-state index in [0.717, 1.165) is 28.8 Å². The van der Waals surface area contributed by atoms with E-state index in [1.165, 1.54) is 0 Å². The molecule has 0 aliphatic carbocycles. The van der Waals surface area contributed by atoms with Crippen LogP contribution in [0.2, 0.25) is 0 Å². The average Bonchev–Trinajstić information content (AvgIpc) is 3.38. The standard InChI is InChI=1S/C28H32N8O4/c1-6-40-25-15-36(22-14-35(3)16-31-17(22)2)34-27(25)28(37)33-26-8-7-18(13-30-26)32-20-9-10-29-21-12-24(39-5)23(38-4)11-19(20)21/h7-13,15-17,22H,6,14H2,1-5H3,(H,29,32)(H,30,33,37)/t17-,22+/m0/s1. The van der Waals surface area contributed by atoms with Crippen molar-refractivity contribution in [2.75, 3.05) is 45.1 Å². The van der Waals surface area contributed by atoms with Crippen molar-refractivity contribution in [2.24, 2.45) is 4.99 Å². The summed E-state index contributed by atoms with van der Waals surface area (Å²) in [5.41, 5.74) is 2.51. The highest BCUT2D eigenvalue weighted by Crippen LogP contribution is 2.35. The Balaban J connectivity index is 1.33. The zero-order valence-electron chi connectivity index (χ0n) is 23.1. The molecule has 12 heteroatoms. The number of pyridine rings is 2. The molecule has 1 aromatic carbocycles. The number of nitrogens with zero attached hydrogens (tertiary/aromatic N) is 6. The molecule has 208 valence electrons. The van der Waals surface area contributed by atoms with Gasteiger partial charge in [0.15, 0.2) is 22.9 Å². The first-order chi connectivity index (χ1) is 19.4. The van der Waals surface area contributed by atoms with Crippen LogP contribution in [0.5, 0.6) is 17.2 Å². The number of ether oxygens (including phenoxy) is 3. The number of hydrogen-bond acceptors (Lipinski definition) is 10. The van der Waals surface area contributed by atoms with Crippen molar-refractivity contribution in [3.63, 3.8) is 0 Å². The van der Waals surface area contributed by atoms with Gasteiger partial charge in [-0.1, -0.05) is 0 Å². The third kappa shape index (κ3) is 5.46. The molecule has 0 bridgehead atoms. The molecule has 4 aromatic rings. The van der Waals surface area contributed by atoms with Crippen molar-refractivity contribution >= 4 is 40.3 Å². The van der Waals surface area contributed by atoms with Crippen LogP contribution in [0.4, 0.5) is 17.2 Å². The Hall–Kier alpha value is -4.87. The average molecular weight is 545 g/mol. The lowest BCUT2D eigenvalue weighted by Gasteiger charge is -2.30. The van der Waals surface area contributed by atoms with Gasteiger partial charge < -0.3 is 29.7 Å². The lowest BCUT2D eigenvalue weighted by molar-refractivity contribution is 0.101. The summed E-state index contributed by atoms with van der Waals surface area (Å²) >= 11 is 0. The molecule has 0 unspecified atom stereocenters. The second kappa shape index (κ2) is 11.5. The van der Waals surface area contributed by atoms with Crippen LogP contribution in [-0.4, -0.2) is 77.4 Å². The van der Waals surface area contributed by atoms with E-state index < -0.39 is 5.91 Å². The second-order valence-corrected chi connectivity index (χ2v) is 9.36. The second-order valence-electron chi connectivity index (χ2n) is 9.36. The van der Waals surface area contributed by atoms with Gasteiger partial charge in [-0.05, 0) is 38.1 Å². The molecule has 0 fully saturated rings. The molecule has 1 aliphatic heterocycles. The van der Waals surface area contributed by atoms with E-state index >= 15 is 0 Å². The van der Waals surface area contributed by atoms with Gasteiger partial charge >= 0.3 is 0 Å². The van der Waals surface area contributed by atoms with Crippen LogP contribution in [0, 0.1) is 0 Å². The highest BCUT2D eigenvalue weighted by Gasteiger charge is 2.27. The van der Waals surface area contributed by atoms with Crippen molar-refractivity contribution in [3.8, 4) is 17.2 Å². The third-order valence-corrected chi connectivity index (χ3v) is 6.61. The van der Waals surface area contributed by atoms with E-state index in [4.69, 9.17) is 14.2 Å². The minimum atomic E-state index is -0.406. The van der Waals surface area contributed by atoms with Gasteiger partial charge in [0.1, 0.15) is 5.82 Å². The molecule has 0 radical (unpaired) electrons. The van der Waals surface area contributed by atoms with Crippen LogP contribution in [0.25, 0.3) is 10.9 Å². The van der Waals surface area contributed by atoms with Gasteiger partial charge in [0.05, 0.1) is 62.8 Å². The minimum absolute atomic E-state index is 0.0174. The number of likely N-dealkylation sites (N-methyl/N-ethyl adjacent to an activating group) is 1. The number of carbonyl (C=O) groups excluding carboxylic acids is 1. The number of rotatable bonds is 9. The third-order valence-electron chi connectivity index (χ3n) is 6.61. The number of anilines is 3. The van der Waals surface area contributed by atoms with Crippen molar-refractivity contribution in [1.29, 1.82) is 0 Å². The van der Waals surface area contributed by atoms with Crippen LogP contribution in [-0.2, 0) is 0 Å². The maximum atomic E-state index is 13.2. The zero-order valence-corrected chi connectivity index (χ0v) is 23.1. The molecule has 1 amide bonds. The Morgan fingerprint density at radius 2 is 1.90 bits per heavy atom. The maximum absolute atomic E-state index is 13.2. The summed E-state index contributed by atoms with van der Waals surface area (Å²) < 4.78 is 18.3. The molecule has 5 rings (SSSR count). The number of aromatic nitrogens is 4. The molecule has 12 nitrogen and oxygen atoms in total. The minimum Gasteiger partial charge on any atom is -0.493 e. The van der Waals surface area contributed by atoms with Gasteiger partial charge in [-0.15, -0.1) is 0 Å². The Morgan fingerprint density at radius 3 is 2.62 bits per heavy atom. The molecule has 2 N–H and O–H groups in total. The highest BCUT2D eigenvalue weighted by molar-refractivity contribution is 6.04. The first-order valence-electron chi connectivity index (χ1n) is 12.9. The number of aliphatic imine (C=N–C) groups is 1. The number of amides is 1. The van der Waals surface area contributed by atoms with E-state index in [9.17, 15) is 4.79 Å². The lowest BCUT2D eigenvalue weighted by Crippen LogP contribution is -2.37. The largest absolute Gasteiger partial charge is 0.493 e. The van der Waals surface area contributed by atoms with Gasteiger partial charge in [-0.25, -0.2) is 4.98 Å². The smallest absolute Gasteiger partial charge is 0.281 e. The van der Waals surface area contributed by atoms with E-state index in [-0.39, 0.29) is 17.8 Å². The lowest BCUT2D eigenvalue weighted by atomic mass is 10.1. The number of hydrogen-bond donors (Lipinski definition) is 2. The summed E-state index contributed by atoms with van der Waals surface area (Å²) in [6, 6.07) is 9.11. The van der Waals surface area contributed by atoms with Crippen molar-refractivity contribution in [1.82, 2.24) is 24.6 Å². The van der Waals surface area contributed by atoms with Crippen LogP contribution in [0.3, 0.4) is 0 Å². The fourth-order valence-corrected chi connectivity index (χ4v) is 4.54. The predicted molar refractivity (Wildman–Crippen MR) is 153 cm³/mol. The van der Waals surface area contributed by atoms with Gasteiger partial charge in [0.25, 0.3) is 5.91 Å².